The molecule has 3 heteroatoms. The summed E-state index contributed by atoms with van der Waals surface area (Å²) < 4.78 is 19.0. The van der Waals surface area contributed by atoms with Crippen LogP contribution in [0.4, 0.5) is 4.39 Å². The van der Waals surface area contributed by atoms with E-state index in [-0.39, 0.29) is 5.82 Å². The first-order valence-corrected chi connectivity index (χ1v) is 7.27. The Kier molecular flexibility index (Phi) is 5.20. The molecule has 1 atom stereocenters. The Morgan fingerprint density at radius 3 is 2.68 bits per heavy atom. The molecule has 2 rings (SSSR count). The van der Waals surface area contributed by atoms with Crippen molar-refractivity contribution in [3.63, 3.8) is 0 Å². The van der Waals surface area contributed by atoms with Crippen LogP contribution in [0.1, 0.15) is 37.7 Å². The van der Waals surface area contributed by atoms with Gasteiger partial charge < -0.3 is 10.1 Å². The van der Waals surface area contributed by atoms with Crippen LogP contribution in [-0.4, -0.2) is 19.7 Å². The highest BCUT2D eigenvalue weighted by Gasteiger charge is 2.22. The summed E-state index contributed by atoms with van der Waals surface area (Å²) in [4.78, 5) is 0. The van der Waals surface area contributed by atoms with Crippen LogP contribution in [0.2, 0.25) is 0 Å². The van der Waals surface area contributed by atoms with E-state index in [9.17, 15) is 4.39 Å². The van der Waals surface area contributed by atoms with Gasteiger partial charge in [0.15, 0.2) is 0 Å². The third-order valence-electron chi connectivity index (χ3n) is 4.15. The highest BCUT2D eigenvalue weighted by Crippen LogP contribution is 2.27. The number of benzene rings is 1. The minimum Gasteiger partial charge on any atom is -0.492 e. The third-order valence-corrected chi connectivity index (χ3v) is 4.15. The van der Waals surface area contributed by atoms with Gasteiger partial charge in [-0.1, -0.05) is 19.3 Å². The van der Waals surface area contributed by atoms with Crippen LogP contribution >= 0.6 is 0 Å². The highest BCUT2D eigenvalue weighted by atomic mass is 19.1. The fraction of sp³-hybridized carbons (Fsp3) is 0.625. The summed E-state index contributed by atoms with van der Waals surface area (Å²) >= 11 is 0. The summed E-state index contributed by atoms with van der Waals surface area (Å²) in [5.41, 5.74) is 0.635. The third kappa shape index (κ3) is 3.93. The van der Waals surface area contributed by atoms with Gasteiger partial charge in [0.1, 0.15) is 18.2 Å². The molecule has 0 spiro atoms. The molecule has 0 amide bonds. The van der Waals surface area contributed by atoms with Crippen molar-refractivity contribution in [2.45, 2.75) is 45.1 Å². The zero-order chi connectivity index (χ0) is 13.7. The Morgan fingerprint density at radius 2 is 2.05 bits per heavy atom. The predicted octanol–water partition coefficient (Wildman–Crippen LogP) is 3.68. The van der Waals surface area contributed by atoms with Crippen LogP contribution in [0, 0.1) is 18.7 Å². The van der Waals surface area contributed by atoms with Crippen molar-refractivity contribution in [1.29, 1.82) is 0 Å². The molecule has 1 aliphatic rings. The van der Waals surface area contributed by atoms with Crippen molar-refractivity contribution in [3.05, 3.63) is 29.6 Å². The average Bonchev–Trinajstić information content (AvgIpc) is 2.44. The van der Waals surface area contributed by atoms with Gasteiger partial charge in [0.2, 0.25) is 0 Å². The molecule has 2 nitrogen and oxygen atoms in total. The largest absolute Gasteiger partial charge is 0.492 e. The van der Waals surface area contributed by atoms with Gasteiger partial charge in [-0.2, -0.15) is 0 Å². The Balaban J connectivity index is 1.89. The maximum Gasteiger partial charge on any atom is 0.126 e. The summed E-state index contributed by atoms with van der Waals surface area (Å²) in [5, 5.41) is 3.37. The monoisotopic (exact) mass is 265 g/mol. The molecule has 1 saturated carbocycles. The van der Waals surface area contributed by atoms with Crippen LogP contribution in [0.5, 0.6) is 5.75 Å². The van der Waals surface area contributed by atoms with E-state index < -0.39 is 0 Å². The number of hydrogen-bond acceptors (Lipinski definition) is 2. The molecule has 1 unspecified atom stereocenters. The first-order chi connectivity index (χ1) is 9.20. The minimum absolute atomic E-state index is 0.176. The van der Waals surface area contributed by atoms with E-state index in [1.165, 1.54) is 38.2 Å². The molecule has 1 fully saturated rings. The SMILES string of the molecule is CNC(COc1ccc(F)c(C)c1)C1CCCCC1. The molecule has 0 aromatic heterocycles. The summed E-state index contributed by atoms with van der Waals surface area (Å²) in [5.74, 6) is 1.29. The average molecular weight is 265 g/mol. The highest BCUT2D eigenvalue weighted by molar-refractivity contribution is 5.28. The smallest absolute Gasteiger partial charge is 0.126 e. The molecule has 0 radical (unpaired) electrons. The summed E-state index contributed by atoms with van der Waals surface area (Å²) in [7, 11) is 2.00. The van der Waals surface area contributed by atoms with Gasteiger partial charge in [-0.15, -0.1) is 0 Å². The van der Waals surface area contributed by atoms with Crippen molar-refractivity contribution in [3.8, 4) is 5.75 Å². The fourth-order valence-corrected chi connectivity index (χ4v) is 2.88. The summed E-state index contributed by atoms with van der Waals surface area (Å²) in [6.07, 6.45) is 6.61. The lowest BCUT2D eigenvalue weighted by molar-refractivity contribution is 0.192. The number of aryl methyl sites for hydroxylation is 1. The van der Waals surface area contributed by atoms with Crippen LogP contribution in [0.3, 0.4) is 0 Å². The standard InChI is InChI=1S/C16H24FNO/c1-12-10-14(8-9-15(12)17)19-11-16(18-2)13-6-4-3-5-7-13/h8-10,13,16,18H,3-7,11H2,1-2H3. The molecule has 19 heavy (non-hydrogen) atoms. The lowest BCUT2D eigenvalue weighted by Crippen LogP contribution is -2.39. The molecule has 0 bridgehead atoms. The molecule has 1 aliphatic carbocycles. The number of halogens is 1. The second-order valence-electron chi connectivity index (χ2n) is 5.52. The number of nitrogens with one attached hydrogen (secondary N) is 1. The Labute approximate surface area is 115 Å². The maximum atomic E-state index is 13.2. The van der Waals surface area contributed by atoms with Crippen LogP contribution in [0.25, 0.3) is 0 Å². The summed E-state index contributed by atoms with van der Waals surface area (Å²) in [6.45, 7) is 2.42. The fourth-order valence-electron chi connectivity index (χ4n) is 2.88. The van der Waals surface area contributed by atoms with E-state index in [2.05, 4.69) is 5.32 Å². The predicted molar refractivity (Wildman–Crippen MR) is 76.1 cm³/mol. The Morgan fingerprint density at radius 1 is 1.32 bits per heavy atom. The van der Waals surface area contributed by atoms with E-state index >= 15 is 0 Å². The Bertz CT molecular complexity index is 402. The Hall–Kier alpha value is -1.09. The van der Waals surface area contributed by atoms with Gasteiger partial charge in [-0.3, -0.25) is 0 Å². The number of ether oxygens (including phenoxy) is 1. The lowest BCUT2D eigenvalue weighted by Gasteiger charge is -2.30. The minimum atomic E-state index is -0.176. The topological polar surface area (TPSA) is 21.3 Å². The van der Waals surface area contributed by atoms with Gasteiger partial charge in [0, 0.05) is 6.04 Å². The van der Waals surface area contributed by atoms with Gasteiger partial charge in [0.05, 0.1) is 0 Å². The van der Waals surface area contributed by atoms with Crippen molar-refractivity contribution >= 4 is 0 Å². The molecule has 0 saturated heterocycles. The quantitative estimate of drug-likeness (QED) is 0.877. The van der Waals surface area contributed by atoms with Gasteiger partial charge in [-0.05, 0) is 56.5 Å². The molecule has 106 valence electrons. The van der Waals surface area contributed by atoms with Crippen LogP contribution in [0.15, 0.2) is 18.2 Å². The van der Waals surface area contributed by atoms with E-state index in [0.717, 1.165) is 5.75 Å². The molecular weight excluding hydrogens is 241 g/mol. The second-order valence-corrected chi connectivity index (χ2v) is 5.52. The molecule has 0 aliphatic heterocycles. The molecule has 1 N–H and O–H groups in total. The van der Waals surface area contributed by atoms with Gasteiger partial charge >= 0.3 is 0 Å². The first-order valence-electron chi connectivity index (χ1n) is 7.27. The van der Waals surface area contributed by atoms with Crippen LogP contribution in [-0.2, 0) is 0 Å². The number of hydrogen-bond donors (Lipinski definition) is 1. The van der Waals surface area contributed by atoms with E-state index in [1.54, 1.807) is 19.1 Å². The lowest BCUT2D eigenvalue weighted by atomic mass is 9.84. The van der Waals surface area contributed by atoms with Gasteiger partial charge in [0.25, 0.3) is 0 Å². The molecule has 1 aromatic carbocycles. The second kappa shape index (κ2) is 6.90. The number of likely N-dealkylation sites (N-methyl/N-ethyl adjacent to an activating group) is 1. The first kappa shape index (κ1) is 14.3. The maximum absolute atomic E-state index is 13.2. The summed E-state index contributed by atoms with van der Waals surface area (Å²) in [6, 6.07) is 5.34. The molecule has 1 aromatic rings. The zero-order valence-electron chi connectivity index (χ0n) is 11.9. The number of rotatable bonds is 5. The van der Waals surface area contributed by atoms with Crippen molar-refractivity contribution in [2.75, 3.05) is 13.7 Å². The molecule has 0 heterocycles. The van der Waals surface area contributed by atoms with Crippen molar-refractivity contribution in [2.24, 2.45) is 5.92 Å². The van der Waals surface area contributed by atoms with E-state index in [1.807, 2.05) is 7.05 Å². The normalized spacial score (nSPS) is 18.3. The van der Waals surface area contributed by atoms with Crippen LogP contribution < -0.4 is 10.1 Å². The van der Waals surface area contributed by atoms with Gasteiger partial charge in [-0.25, -0.2) is 4.39 Å². The van der Waals surface area contributed by atoms with E-state index in [0.29, 0.717) is 24.1 Å². The van der Waals surface area contributed by atoms with E-state index in [4.69, 9.17) is 4.74 Å². The molecular formula is C16H24FNO. The zero-order valence-corrected chi connectivity index (χ0v) is 11.9. The van der Waals surface area contributed by atoms with Crippen molar-refractivity contribution < 1.29 is 9.13 Å². The van der Waals surface area contributed by atoms with Crippen molar-refractivity contribution in [1.82, 2.24) is 5.32 Å².